The molecule has 1 amide bonds. The number of H-pyrrole nitrogens is 1. The molecule has 2 aliphatic heterocycles. The molecule has 2 atom stereocenters. The molecule has 0 unspecified atom stereocenters. The van der Waals surface area contributed by atoms with Crippen molar-refractivity contribution in [2.24, 2.45) is 0 Å². The van der Waals surface area contributed by atoms with Gasteiger partial charge in [-0.05, 0) is 79.8 Å². The zero-order chi connectivity index (χ0) is 27.1. The summed E-state index contributed by atoms with van der Waals surface area (Å²) in [5.74, 6) is 1.77. The number of nitrogens with zero attached hydrogens (tertiary/aromatic N) is 3. The van der Waals surface area contributed by atoms with Crippen LogP contribution in [0.4, 0.5) is 11.4 Å². The number of nitrogens with one attached hydrogen (secondary N) is 2. The van der Waals surface area contributed by atoms with E-state index in [9.17, 15) is 4.79 Å². The summed E-state index contributed by atoms with van der Waals surface area (Å²) in [6.45, 7) is 8.99. The maximum Gasteiger partial charge on any atom is 0.258 e. The number of rotatable bonds is 5. The van der Waals surface area contributed by atoms with Crippen molar-refractivity contribution in [3.8, 4) is 28.3 Å². The van der Waals surface area contributed by atoms with Gasteiger partial charge in [0.25, 0.3) is 5.91 Å². The van der Waals surface area contributed by atoms with Crippen LogP contribution in [0, 0.1) is 6.92 Å². The molecule has 39 heavy (non-hydrogen) atoms. The molecule has 2 aliphatic rings. The number of ether oxygens (including phenoxy) is 1. The van der Waals surface area contributed by atoms with Gasteiger partial charge in [0, 0.05) is 60.9 Å². The number of imidazole rings is 1. The summed E-state index contributed by atoms with van der Waals surface area (Å²) < 4.78 is 5.80. The number of carbonyl (C=O) groups excluding carboxylic acids is 1. The molecule has 7 heteroatoms. The molecule has 0 spiro atoms. The van der Waals surface area contributed by atoms with Gasteiger partial charge in [-0.3, -0.25) is 4.79 Å². The standard InChI is InChI=1S/C32H35N5O2/c1-20-15-26(31-33-12-13-34-31)9-10-27(20)23-5-7-24(8-6-23)32(38)37-14-11-25-16-30(39-4)29(17-28(25)37)36-18-21(2)35-22(3)19-36/h5-10,12-13,15-17,21-22,35H,11,14,18-19H2,1-4H3,(H,33,34)/t21-,22+. The summed E-state index contributed by atoms with van der Waals surface area (Å²) in [6.07, 6.45) is 4.41. The molecule has 3 aromatic carbocycles. The van der Waals surface area contributed by atoms with E-state index in [-0.39, 0.29) is 5.91 Å². The predicted molar refractivity (Wildman–Crippen MR) is 157 cm³/mol. The van der Waals surface area contributed by atoms with E-state index in [0.29, 0.717) is 24.2 Å². The minimum absolute atomic E-state index is 0.0309. The molecule has 0 aliphatic carbocycles. The summed E-state index contributed by atoms with van der Waals surface area (Å²) in [4.78, 5) is 25.5. The molecule has 0 saturated carbocycles. The third-order valence-corrected chi connectivity index (χ3v) is 7.86. The molecular weight excluding hydrogens is 486 g/mol. The van der Waals surface area contributed by atoms with E-state index >= 15 is 0 Å². The Labute approximate surface area is 229 Å². The van der Waals surface area contributed by atoms with Gasteiger partial charge in [-0.25, -0.2) is 4.98 Å². The van der Waals surface area contributed by atoms with Crippen LogP contribution in [0.3, 0.4) is 0 Å². The Morgan fingerprint density at radius 3 is 2.38 bits per heavy atom. The van der Waals surface area contributed by atoms with Crippen LogP contribution < -0.4 is 19.9 Å². The van der Waals surface area contributed by atoms with E-state index in [0.717, 1.165) is 70.3 Å². The summed E-state index contributed by atoms with van der Waals surface area (Å²) >= 11 is 0. The lowest BCUT2D eigenvalue weighted by atomic mass is 9.97. The Morgan fingerprint density at radius 1 is 0.974 bits per heavy atom. The van der Waals surface area contributed by atoms with Crippen molar-refractivity contribution in [2.75, 3.05) is 36.5 Å². The summed E-state index contributed by atoms with van der Waals surface area (Å²) in [6, 6.07) is 19.3. The molecule has 0 radical (unpaired) electrons. The van der Waals surface area contributed by atoms with E-state index in [4.69, 9.17) is 4.74 Å². The highest BCUT2D eigenvalue weighted by atomic mass is 16.5. The van der Waals surface area contributed by atoms with Gasteiger partial charge in [0.05, 0.1) is 12.8 Å². The average Bonchev–Trinajstić information content (AvgIpc) is 3.62. The van der Waals surface area contributed by atoms with Crippen LogP contribution in [0.25, 0.3) is 22.5 Å². The van der Waals surface area contributed by atoms with Crippen molar-refractivity contribution in [1.82, 2.24) is 15.3 Å². The quantitative estimate of drug-likeness (QED) is 0.365. The van der Waals surface area contributed by atoms with Crippen molar-refractivity contribution < 1.29 is 9.53 Å². The van der Waals surface area contributed by atoms with Gasteiger partial charge < -0.3 is 24.8 Å². The summed E-state index contributed by atoms with van der Waals surface area (Å²) in [7, 11) is 1.73. The van der Waals surface area contributed by atoms with Gasteiger partial charge in [0.15, 0.2) is 0 Å². The van der Waals surface area contributed by atoms with Gasteiger partial charge in [-0.1, -0.05) is 24.3 Å². The van der Waals surface area contributed by atoms with Gasteiger partial charge >= 0.3 is 0 Å². The fourth-order valence-electron chi connectivity index (χ4n) is 6.05. The maximum atomic E-state index is 13.7. The molecule has 1 aromatic heterocycles. The first-order valence-corrected chi connectivity index (χ1v) is 13.7. The molecule has 3 heterocycles. The summed E-state index contributed by atoms with van der Waals surface area (Å²) in [5, 5.41) is 3.59. The smallest absolute Gasteiger partial charge is 0.258 e. The van der Waals surface area contributed by atoms with Crippen LogP contribution in [0.2, 0.25) is 0 Å². The number of aromatic nitrogens is 2. The van der Waals surface area contributed by atoms with Crippen molar-refractivity contribution in [3.63, 3.8) is 0 Å². The first-order valence-electron chi connectivity index (χ1n) is 13.7. The Hall–Kier alpha value is -4.10. The molecule has 4 aromatic rings. The van der Waals surface area contributed by atoms with E-state index in [1.54, 1.807) is 13.3 Å². The van der Waals surface area contributed by atoms with E-state index < -0.39 is 0 Å². The van der Waals surface area contributed by atoms with Crippen LogP contribution in [0.5, 0.6) is 5.75 Å². The Kier molecular flexibility index (Phi) is 6.61. The van der Waals surface area contributed by atoms with Crippen molar-refractivity contribution in [2.45, 2.75) is 39.3 Å². The van der Waals surface area contributed by atoms with Gasteiger partial charge in [0.2, 0.25) is 0 Å². The number of aromatic amines is 1. The van der Waals surface area contributed by atoms with E-state index in [2.05, 4.69) is 71.3 Å². The number of hydrogen-bond donors (Lipinski definition) is 2. The minimum Gasteiger partial charge on any atom is -0.495 e. The third kappa shape index (κ3) is 4.79. The number of piperazine rings is 1. The van der Waals surface area contributed by atoms with E-state index in [1.165, 1.54) is 0 Å². The summed E-state index contributed by atoms with van der Waals surface area (Å²) in [5.41, 5.74) is 8.35. The second-order valence-corrected chi connectivity index (χ2v) is 10.8. The molecule has 6 rings (SSSR count). The molecular formula is C32H35N5O2. The number of anilines is 2. The second-order valence-electron chi connectivity index (χ2n) is 10.8. The molecule has 1 fully saturated rings. The van der Waals surface area contributed by atoms with Crippen molar-refractivity contribution >= 4 is 17.3 Å². The van der Waals surface area contributed by atoms with Crippen LogP contribution in [-0.2, 0) is 6.42 Å². The average molecular weight is 522 g/mol. The number of aryl methyl sites for hydroxylation is 1. The number of benzene rings is 3. The van der Waals surface area contributed by atoms with Crippen molar-refractivity contribution in [3.05, 3.63) is 83.7 Å². The maximum absolute atomic E-state index is 13.7. The van der Waals surface area contributed by atoms with Crippen LogP contribution in [-0.4, -0.2) is 54.7 Å². The number of methoxy groups -OCH3 is 1. The predicted octanol–water partition coefficient (Wildman–Crippen LogP) is 5.45. The molecule has 2 N–H and O–H groups in total. The monoisotopic (exact) mass is 521 g/mol. The highest BCUT2D eigenvalue weighted by Crippen LogP contribution is 2.40. The number of fused-ring (bicyclic) bond motifs is 1. The number of carbonyl (C=O) groups is 1. The van der Waals surface area contributed by atoms with Crippen LogP contribution in [0.1, 0.15) is 35.3 Å². The number of hydrogen-bond acceptors (Lipinski definition) is 5. The lowest BCUT2D eigenvalue weighted by molar-refractivity contribution is 0.0989. The minimum atomic E-state index is 0.0309. The zero-order valence-electron chi connectivity index (χ0n) is 23.0. The van der Waals surface area contributed by atoms with Crippen LogP contribution >= 0.6 is 0 Å². The molecule has 0 bridgehead atoms. The van der Waals surface area contributed by atoms with Crippen molar-refractivity contribution in [1.29, 1.82) is 0 Å². The number of amides is 1. The molecule has 7 nitrogen and oxygen atoms in total. The first kappa shape index (κ1) is 25.2. The molecule has 200 valence electrons. The fourth-order valence-corrected chi connectivity index (χ4v) is 6.05. The highest BCUT2D eigenvalue weighted by molar-refractivity contribution is 6.08. The highest BCUT2D eigenvalue weighted by Gasteiger charge is 2.30. The normalized spacial score (nSPS) is 18.8. The topological polar surface area (TPSA) is 73.5 Å². The second kappa shape index (κ2) is 10.2. The lowest BCUT2D eigenvalue weighted by Crippen LogP contribution is -2.54. The van der Waals surface area contributed by atoms with Gasteiger partial charge in [0.1, 0.15) is 11.6 Å². The lowest BCUT2D eigenvalue weighted by Gasteiger charge is -2.38. The Bertz CT molecular complexity index is 1490. The Morgan fingerprint density at radius 2 is 1.72 bits per heavy atom. The Balaban J connectivity index is 1.25. The van der Waals surface area contributed by atoms with E-state index in [1.807, 2.05) is 35.4 Å². The van der Waals surface area contributed by atoms with Gasteiger partial charge in [-0.15, -0.1) is 0 Å². The van der Waals surface area contributed by atoms with Gasteiger partial charge in [-0.2, -0.15) is 0 Å². The SMILES string of the molecule is COc1cc2c(cc1N1C[C@@H](C)N[C@@H](C)C1)N(C(=O)c1ccc(-c3ccc(-c4ncc[nH]4)cc3C)cc1)CC2. The first-order chi connectivity index (χ1) is 18.9. The fraction of sp³-hybridized carbons (Fsp3) is 0.312. The van der Waals surface area contributed by atoms with Crippen LogP contribution in [0.15, 0.2) is 67.0 Å². The largest absolute Gasteiger partial charge is 0.495 e. The third-order valence-electron chi connectivity index (χ3n) is 7.86. The zero-order valence-corrected chi connectivity index (χ0v) is 23.0. The molecule has 1 saturated heterocycles.